The van der Waals surface area contributed by atoms with Crippen molar-refractivity contribution in [3.8, 4) is 0 Å². The maximum atomic E-state index is 11.7. The lowest BCUT2D eigenvalue weighted by Crippen LogP contribution is -2.25. The van der Waals surface area contributed by atoms with Crippen molar-refractivity contribution in [2.45, 2.75) is 77.0 Å². The van der Waals surface area contributed by atoms with Crippen molar-refractivity contribution in [1.82, 2.24) is 10.6 Å². The number of hydrogen-bond acceptors (Lipinski definition) is 6. The van der Waals surface area contributed by atoms with E-state index in [1.165, 1.54) is 0 Å². The third-order valence-electron chi connectivity index (χ3n) is 4.45. The molecule has 0 rings (SSSR count). The van der Waals surface area contributed by atoms with E-state index in [9.17, 15) is 19.2 Å². The maximum absolute atomic E-state index is 11.7. The summed E-state index contributed by atoms with van der Waals surface area (Å²) < 4.78 is 10.8. The van der Waals surface area contributed by atoms with E-state index in [0.717, 1.165) is 44.9 Å². The zero-order valence-electron chi connectivity index (χ0n) is 18.6. The first kappa shape index (κ1) is 29.0. The molecule has 9 heteroatoms. The molecule has 0 aliphatic rings. The van der Waals surface area contributed by atoms with Gasteiger partial charge in [-0.15, -0.1) is 0 Å². The molecule has 0 aromatic heterocycles. The summed E-state index contributed by atoms with van der Waals surface area (Å²) in [7, 11) is 0. The Labute approximate surface area is 185 Å². The number of hydrogen-bond donors (Lipinski definition) is 3. The van der Waals surface area contributed by atoms with Gasteiger partial charge in [0.2, 0.25) is 11.8 Å². The summed E-state index contributed by atoms with van der Waals surface area (Å²) in [6.45, 7) is 3.17. The average molecular weight is 444 g/mol. The first-order valence-electron chi connectivity index (χ1n) is 11.3. The van der Waals surface area contributed by atoms with Crippen molar-refractivity contribution in [1.29, 1.82) is 0 Å². The molecule has 2 amide bonds. The number of unbranched alkanes of at least 4 members (excludes halogenated alkanes) is 5. The second-order valence-corrected chi connectivity index (χ2v) is 7.29. The summed E-state index contributed by atoms with van der Waals surface area (Å²) >= 11 is 0. The van der Waals surface area contributed by atoms with Crippen LogP contribution in [0.3, 0.4) is 0 Å². The number of carbonyl (C=O) groups excluding carboxylic acids is 3. The van der Waals surface area contributed by atoms with E-state index in [0.29, 0.717) is 52.4 Å². The van der Waals surface area contributed by atoms with Gasteiger partial charge in [-0.25, -0.2) is 0 Å². The highest BCUT2D eigenvalue weighted by Crippen LogP contribution is 2.08. The number of ether oxygens (including phenoxy) is 2. The van der Waals surface area contributed by atoms with Crippen molar-refractivity contribution < 1.29 is 33.8 Å². The first-order valence-corrected chi connectivity index (χ1v) is 11.3. The Bertz CT molecular complexity index is 486. The van der Waals surface area contributed by atoms with E-state index in [-0.39, 0.29) is 31.1 Å². The number of aliphatic carboxylic acids is 1. The SMILES string of the molecule is O=[C]CCC(=O)NCCCOCCOCCCNC(=O)CCCCCCCCC(=O)O. The van der Waals surface area contributed by atoms with Gasteiger partial charge in [0.25, 0.3) is 0 Å². The lowest BCUT2D eigenvalue weighted by atomic mass is 10.1. The summed E-state index contributed by atoms with van der Waals surface area (Å²) in [6, 6.07) is 0. The van der Waals surface area contributed by atoms with Crippen LogP contribution in [0, 0.1) is 0 Å². The number of carboxylic acid groups (broad SMARTS) is 1. The van der Waals surface area contributed by atoms with Crippen molar-refractivity contribution >= 4 is 24.1 Å². The number of amides is 2. The van der Waals surface area contributed by atoms with E-state index < -0.39 is 5.97 Å². The molecule has 0 bridgehead atoms. The molecule has 0 aromatic rings. The van der Waals surface area contributed by atoms with Crippen LogP contribution < -0.4 is 10.6 Å². The second kappa shape index (κ2) is 22.7. The number of carboxylic acids is 1. The molecule has 0 aliphatic heterocycles. The molecule has 0 unspecified atom stereocenters. The largest absolute Gasteiger partial charge is 0.481 e. The Hall–Kier alpha value is -2.00. The van der Waals surface area contributed by atoms with Crippen LogP contribution in [0.15, 0.2) is 0 Å². The van der Waals surface area contributed by atoms with Crippen LogP contribution >= 0.6 is 0 Å². The van der Waals surface area contributed by atoms with Crippen LogP contribution in [-0.4, -0.2) is 68.7 Å². The molecule has 0 atom stereocenters. The van der Waals surface area contributed by atoms with Crippen molar-refractivity contribution in [3.63, 3.8) is 0 Å². The van der Waals surface area contributed by atoms with Crippen molar-refractivity contribution in [3.05, 3.63) is 0 Å². The van der Waals surface area contributed by atoms with E-state index in [4.69, 9.17) is 14.6 Å². The molecule has 3 N–H and O–H groups in total. The number of carbonyl (C=O) groups is 3. The van der Waals surface area contributed by atoms with Crippen LogP contribution in [0.25, 0.3) is 0 Å². The molecular weight excluding hydrogens is 404 g/mol. The summed E-state index contributed by atoms with van der Waals surface area (Å²) in [6.07, 6.45) is 9.79. The zero-order chi connectivity index (χ0) is 23.0. The quantitative estimate of drug-likeness (QED) is 0.206. The van der Waals surface area contributed by atoms with Gasteiger partial charge >= 0.3 is 5.97 Å². The summed E-state index contributed by atoms with van der Waals surface area (Å²) in [5, 5.41) is 14.1. The Morgan fingerprint density at radius 1 is 0.645 bits per heavy atom. The minimum Gasteiger partial charge on any atom is -0.481 e. The fourth-order valence-electron chi connectivity index (χ4n) is 2.74. The van der Waals surface area contributed by atoms with Gasteiger partial charge in [-0.3, -0.25) is 19.2 Å². The van der Waals surface area contributed by atoms with E-state index >= 15 is 0 Å². The van der Waals surface area contributed by atoms with Gasteiger partial charge in [-0.1, -0.05) is 25.7 Å². The van der Waals surface area contributed by atoms with Crippen molar-refractivity contribution in [2.75, 3.05) is 39.5 Å². The fourth-order valence-corrected chi connectivity index (χ4v) is 2.74. The van der Waals surface area contributed by atoms with Crippen LogP contribution in [0.1, 0.15) is 77.0 Å². The van der Waals surface area contributed by atoms with Gasteiger partial charge in [0.05, 0.1) is 13.2 Å². The van der Waals surface area contributed by atoms with Gasteiger partial charge in [0.15, 0.2) is 6.29 Å². The highest BCUT2D eigenvalue weighted by Gasteiger charge is 2.02. The van der Waals surface area contributed by atoms with E-state index in [1.54, 1.807) is 6.29 Å². The average Bonchev–Trinajstić information content (AvgIpc) is 2.74. The molecule has 9 nitrogen and oxygen atoms in total. The molecule has 1 radical (unpaired) electrons. The third-order valence-corrected chi connectivity index (χ3v) is 4.45. The van der Waals surface area contributed by atoms with Crippen LogP contribution in [0.2, 0.25) is 0 Å². The van der Waals surface area contributed by atoms with E-state index in [2.05, 4.69) is 10.6 Å². The topological polar surface area (TPSA) is 131 Å². The van der Waals surface area contributed by atoms with Crippen molar-refractivity contribution in [2.24, 2.45) is 0 Å². The Balaban J connectivity index is 3.22. The first-order chi connectivity index (χ1) is 15.1. The molecule has 31 heavy (non-hydrogen) atoms. The van der Waals surface area contributed by atoms with Crippen LogP contribution in [0.4, 0.5) is 0 Å². The number of nitrogens with one attached hydrogen (secondary N) is 2. The summed E-state index contributed by atoms with van der Waals surface area (Å²) in [4.78, 5) is 43.4. The lowest BCUT2D eigenvalue weighted by Gasteiger charge is -2.08. The molecule has 0 spiro atoms. The summed E-state index contributed by atoms with van der Waals surface area (Å²) in [5.74, 6) is -0.827. The van der Waals surface area contributed by atoms with Gasteiger partial charge in [0, 0.05) is 52.0 Å². The molecule has 0 aromatic carbocycles. The minimum absolute atomic E-state index is 0.0607. The predicted molar refractivity (Wildman–Crippen MR) is 116 cm³/mol. The Morgan fingerprint density at radius 3 is 1.65 bits per heavy atom. The minimum atomic E-state index is -0.738. The normalized spacial score (nSPS) is 10.6. The molecule has 0 saturated heterocycles. The highest BCUT2D eigenvalue weighted by molar-refractivity contribution is 5.78. The monoisotopic (exact) mass is 443 g/mol. The fraction of sp³-hybridized carbons (Fsp3) is 0.818. The molecule has 0 saturated carbocycles. The van der Waals surface area contributed by atoms with E-state index in [1.807, 2.05) is 0 Å². The van der Waals surface area contributed by atoms with Crippen LogP contribution in [0.5, 0.6) is 0 Å². The third kappa shape index (κ3) is 24.1. The predicted octanol–water partition coefficient (Wildman–Crippen LogP) is 2.13. The summed E-state index contributed by atoms with van der Waals surface area (Å²) in [5.41, 5.74) is 0. The van der Waals surface area contributed by atoms with Gasteiger partial charge in [-0.05, 0) is 25.7 Å². The van der Waals surface area contributed by atoms with Gasteiger partial charge < -0.3 is 25.2 Å². The Kier molecular flexibility index (Phi) is 21.2. The lowest BCUT2D eigenvalue weighted by molar-refractivity contribution is -0.137. The molecule has 179 valence electrons. The van der Waals surface area contributed by atoms with Gasteiger partial charge in [-0.2, -0.15) is 0 Å². The number of rotatable bonds is 23. The maximum Gasteiger partial charge on any atom is 0.303 e. The molecular formula is C22H39N2O7. The van der Waals surface area contributed by atoms with Crippen LogP contribution in [-0.2, 0) is 28.7 Å². The highest BCUT2D eigenvalue weighted by atomic mass is 16.5. The molecule has 0 heterocycles. The second-order valence-electron chi connectivity index (χ2n) is 7.29. The Morgan fingerprint density at radius 2 is 1.13 bits per heavy atom. The standard InChI is InChI=1S/C22H39N2O7/c25-15-7-11-21(27)24-14-9-17-31-19-18-30-16-8-13-23-20(26)10-5-3-1-2-4-6-12-22(28)29/h1-14,16-19H2,(H,23,26)(H,24,27)(H,28,29). The smallest absolute Gasteiger partial charge is 0.303 e. The zero-order valence-corrected chi connectivity index (χ0v) is 18.6. The molecule has 0 fully saturated rings. The van der Waals surface area contributed by atoms with Gasteiger partial charge in [0.1, 0.15) is 0 Å². The molecule has 0 aliphatic carbocycles.